The zero-order chi connectivity index (χ0) is 16.8. The Labute approximate surface area is 135 Å². The fourth-order valence-electron chi connectivity index (χ4n) is 2.70. The number of carboxylic acids is 2. The van der Waals surface area contributed by atoms with Gasteiger partial charge in [-0.25, -0.2) is 0 Å². The van der Waals surface area contributed by atoms with Crippen LogP contribution < -0.4 is 10.2 Å². The molecule has 0 aliphatic carbocycles. The highest BCUT2D eigenvalue weighted by molar-refractivity contribution is 6.01. The second kappa shape index (κ2) is 7.58. The Morgan fingerprint density at radius 3 is 2.22 bits per heavy atom. The van der Waals surface area contributed by atoms with Crippen LogP contribution in [0.3, 0.4) is 0 Å². The van der Waals surface area contributed by atoms with E-state index in [1.54, 1.807) is 6.07 Å². The van der Waals surface area contributed by atoms with Crippen molar-refractivity contribution in [2.75, 3.05) is 0 Å². The summed E-state index contributed by atoms with van der Waals surface area (Å²) in [5.74, 6) is -2.98. The van der Waals surface area contributed by atoms with Gasteiger partial charge in [0.25, 0.3) is 0 Å². The van der Waals surface area contributed by atoms with Crippen LogP contribution in [-0.2, 0) is 12.8 Å². The smallest absolute Gasteiger partial charge is 0.0724 e. The van der Waals surface area contributed by atoms with Gasteiger partial charge in [0.05, 0.1) is 11.9 Å². The minimum absolute atomic E-state index is 0.262. The molecule has 4 heteroatoms. The van der Waals surface area contributed by atoms with E-state index in [9.17, 15) is 19.8 Å². The number of rotatable bonds is 7. The Hall–Kier alpha value is -2.62. The third-order valence-electron chi connectivity index (χ3n) is 3.86. The highest BCUT2D eigenvalue weighted by Gasteiger charge is 2.15. The Morgan fingerprint density at radius 1 is 0.957 bits per heavy atom. The molecule has 2 aromatic rings. The first kappa shape index (κ1) is 16.7. The van der Waals surface area contributed by atoms with Gasteiger partial charge in [-0.15, -0.1) is 0 Å². The largest absolute Gasteiger partial charge is 0.545 e. The van der Waals surface area contributed by atoms with Crippen LogP contribution in [0.2, 0.25) is 0 Å². The van der Waals surface area contributed by atoms with E-state index < -0.39 is 11.9 Å². The number of carbonyl (C=O) groups is 2. The van der Waals surface area contributed by atoms with Gasteiger partial charge in [-0.1, -0.05) is 55.8 Å². The molecule has 0 radical (unpaired) electrons. The van der Waals surface area contributed by atoms with Gasteiger partial charge in [0.1, 0.15) is 0 Å². The first-order chi connectivity index (χ1) is 11.0. The van der Waals surface area contributed by atoms with Crippen LogP contribution in [0.4, 0.5) is 0 Å². The average molecular weight is 310 g/mol. The molecule has 2 aromatic carbocycles. The van der Waals surface area contributed by atoms with Gasteiger partial charge in [-0.3, -0.25) is 0 Å². The van der Waals surface area contributed by atoms with E-state index in [0.29, 0.717) is 18.4 Å². The SMILES string of the molecule is CCCCc1ccc(C(=O)[O-])c(C(=O)[O-])c1Cc1ccccc1. The molecular formula is C19H18O4-2. The number of hydrogen-bond acceptors (Lipinski definition) is 4. The third kappa shape index (κ3) is 3.97. The van der Waals surface area contributed by atoms with Crippen molar-refractivity contribution in [3.8, 4) is 0 Å². The zero-order valence-electron chi connectivity index (χ0n) is 13.0. The molecule has 0 aliphatic rings. The van der Waals surface area contributed by atoms with E-state index in [2.05, 4.69) is 0 Å². The summed E-state index contributed by atoms with van der Waals surface area (Å²) >= 11 is 0. The summed E-state index contributed by atoms with van der Waals surface area (Å²) in [7, 11) is 0. The molecule has 0 unspecified atom stereocenters. The molecule has 0 N–H and O–H groups in total. The number of unbranched alkanes of at least 4 members (excludes halogenated alkanes) is 1. The Bertz CT molecular complexity index is 705. The summed E-state index contributed by atoms with van der Waals surface area (Å²) in [4.78, 5) is 22.8. The highest BCUT2D eigenvalue weighted by atomic mass is 16.4. The maximum absolute atomic E-state index is 11.6. The lowest BCUT2D eigenvalue weighted by Gasteiger charge is -2.20. The quantitative estimate of drug-likeness (QED) is 0.773. The zero-order valence-corrected chi connectivity index (χ0v) is 13.0. The molecule has 23 heavy (non-hydrogen) atoms. The van der Waals surface area contributed by atoms with Crippen LogP contribution in [-0.4, -0.2) is 11.9 Å². The van der Waals surface area contributed by atoms with E-state index in [1.165, 1.54) is 6.07 Å². The van der Waals surface area contributed by atoms with Crippen molar-refractivity contribution in [3.05, 3.63) is 70.3 Å². The minimum atomic E-state index is -1.50. The van der Waals surface area contributed by atoms with E-state index in [0.717, 1.165) is 24.0 Å². The lowest BCUT2D eigenvalue weighted by Crippen LogP contribution is -2.31. The number of aryl methyl sites for hydroxylation is 1. The Kier molecular flexibility index (Phi) is 5.52. The molecule has 0 atom stereocenters. The van der Waals surface area contributed by atoms with Gasteiger partial charge in [-0.2, -0.15) is 0 Å². The van der Waals surface area contributed by atoms with Crippen LogP contribution in [0.1, 0.15) is 57.2 Å². The van der Waals surface area contributed by atoms with E-state index in [1.807, 2.05) is 37.3 Å². The topological polar surface area (TPSA) is 80.3 Å². The Balaban J connectivity index is 2.58. The number of carbonyl (C=O) groups excluding carboxylic acids is 2. The maximum atomic E-state index is 11.6. The number of aromatic carboxylic acids is 2. The first-order valence-corrected chi connectivity index (χ1v) is 7.66. The normalized spacial score (nSPS) is 10.5. The van der Waals surface area contributed by atoms with Crippen LogP contribution in [0.15, 0.2) is 42.5 Å². The molecule has 2 rings (SSSR count). The molecule has 0 heterocycles. The average Bonchev–Trinajstić information content (AvgIpc) is 2.53. The van der Waals surface area contributed by atoms with Crippen molar-refractivity contribution >= 4 is 11.9 Å². The summed E-state index contributed by atoms with van der Waals surface area (Å²) in [6, 6.07) is 12.4. The predicted octanol–water partition coefficient (Wildman–Crippen LogP) is 1.35. The summed E-state index contributed by atoms with van der Waals surface area (Å²) < 4.78 is 0. The second-order valence-corrected chi connectivity index (χ2v) is 5.47. The highest BCUT2D eigenvalue weighted by Crippen LogP contribution is 2.24. The van der Waals surface area contributed by atoms with Crippen LogP contribution in [0.5, 0.6) is 0 Å². The standard InChI is InChI=1S/C19H20O4/c1-2-3-9-14-10-11-15(18(20)21)17(19(22)23)16(14)12-13-7-5-4-6-8-13/h4-8,10-11H,2-3,9,12H2,1H3,(H,20,21)(H,22,23)/p-2. The summed E-state index contributed by atoms with van der Waals surface area (Å²) in [5.41, 5.74) is 1.69. The van der Waals surface area contributed by atoms with E-state index in [4.69, 9.17) is 0 Å². The van der Waals surface area contributed by atoms with Gasteiger partial charge in [0.2, 0.25) is 0 Å². The number of hydrogen-bond donors (Lipinski definition) is 0. The first-order valence-electron chi connectivity index (χ1n) is 7.66. The number of carboxylic acid groups (broad SMARTS) is 2. The molecule has 0 saturated carbocycles. The fraction of sp³-hybridized carbons (Fsp3) is 0.263. The van der Waals surface area contributed by atoms with Gasteiger partial charge in [-0.05, 0) is 36.0 Å². The third-order valence-corrected chi connectivity index (χ3v) is 3.86. The molecule has 0 aliphatic heterocycles. The Morgan fingerprint density at radius 2 is 1.65 bits per heavy atom. The van der Waals surface area contributed by atoms with Gasteiger partial charge in [0, 0.05) is 11.1 Å². The van der Waals surface area contributed by atoms with Crippen LogP contribution >= 0.6 is 0 Å². The summed E-state index contributed by atoms with van der Waals surface area (Å²) in [6.07, 6.45) is 2.92. The van der Waals surface area contributed by atoms with Crippen molar-refractivity contribution in [1.29, 1.82) is 0 Å². The van der Waals surface area contributed by atoms with Crippen molar-refractivity contribution in [1.82, 2.24) is 0 Å². The van der Waals surface area contributed by atoms with Crippen LogP contribution in [0, 0.1) is 0 Å². The molecule has 0 amide bonds. The van der Waals surface area contributed by atoms with Crippen molar-refractivity contribution in [2.24, 2.45) is 0 Å². The molecular weight excluding hydrogens is 292 g/mol. The summed E-state index contributed by atoms with van der Waals surface area (Å²) in [5, 5.41) is 22.8. The fourth-order valence-corrected chi connectivity index (χ4v) is 2.70. The van der Waals surface area contributed by atoms with Gasteiger partial charge in [0.15, 0.2) is 0 Å². The van der Waals surface area contributed by atoms with E-state index in [-0.39, 0.29) is 11.1 Å². The number of benzene rings is 2. The lowest BCUT2D eigenvalue weighted by atomic mass is 9.89. The van der Waals surface area contributed by atoms with Crippen molar-refractivity contribution in [2.45, 2.75) is 32.6 Å². The lowest BCUT2D eigenvalue weighted by molar-refractivity contribution is -0.259. The maximum Gasteiger partial charge on any atom is 0.0724 e. The molecule has 0 fully saturated rings. The molecule has 0 saturated heterocycles. The second-order valence-electron chi connectivity index (χ2n) is 5.47. The van der Waals surface area contributed by atoms with Gasteiger partial charge >= 0.3 is 0 Å². The van der Waals surface area contributed by atoms with Gasteiger partial charge < -0.3 is 19.8 Å². The van der Waals surface area contributed by atoms with E-state index >= 15 is 0 Å². The molecule has 120 valence electrons. The monoisotopic (exact) mass is 310 g/mol. The van der Waals surface area contributed by atoms with Crippen molar-refractivity contribution < 1.29 is 19.8 Å². The van der Waals surface area contributed by atoms with Crippen LogP contribution in [0.25, 0.3) is 0 Å². The molecule has 0 spiro atoms. The van der Waals surface area contributed by atoms with Crippen molar-refractivity contribution in [3.63, 3.8) is 0 Å². The molecule has 0 bridgehead atoms. The molecule has 0 aromatic heterocycles. The predicted molar refractivity (Wildman–Crippen MR) is 83.0 cm³/mol. The summed E-state index contributed by atoms with van der Waals surface area (Å²) in [6.45, 7) is 2.05. The minimum Gasteiger partial charge on any atom is -0.545 e. The molecule has 4 nitrogen and oxygen atoms in total.